The first-order chi connectivity index (χ1) is 71.1. The molecule has 4 heteroatoms. The molecule has 0 spiro atoms. The third kappa shape index (κ3) is 90.8. The van der Waals surface area contributed by atoms with E-state index < -0.39 is 5.60 Å². The average molecular weight is 2110 g/mol. The molecule has 1 atom stereocenters. The number of amides is 1. The molecule has 4 nitrogen and oxygen atoms in total. The molecular weight excluding hydrogens is 1810 g/mol. The monoisotopic (exact) mass is 2110 g/mol. The van der Waals surface area contributed by atoms with Gasteiger partial charge >= 0.3 is 6.09 Å². The van der Waals surface area contributed by atoms with E-state index >= 15 is 0 Å². The summed E-state index contributed by atoms with van der Waals surface area (Å²) in [5.74, 6) is 25.0. The van der Waals surface area contributed by atoms with Crippen molar-refractivity contribution in [2.45, 2.75) is 729 Å². The highest BCUT2D eigenvalue weighted by atomic mass is 16.6. The fourth-order valence-electron chi connectivity index (χ4n) is 26.9. The molecule has 0 unspecified atom stereocenters. The zero-order valence-electron chi connectivity index (χ0n) is 111. The predicted molar refractivity (Wildman–Crippen MR) is 681 cm³/mol. The number of hydrogen-bond donors (Lipinski definition) is 0. The van der Waals surface area contributed by atoms with Crippen molar-refractivity contribution in [3.63, 3.8) is 0 Å². The van der Waals surface area contributed by atoms with E-state index in [-0.39, 0.29) is 12.1 Å². The van der Waals surface area contributed by atoms with E-state index in [0.717, 1.165) is 203 Å². The minimum Gasteiger partial charge on any atom is -0.444 e. The Morgan fingerprint density at radius 1 is 0.193 bits per heavy atom. The zero-order chi connectivity index (χ0) is 112. The van der Waals surface area contributed by atoms with Crippen molar-refractivity contribution in [2.24, 2.45) is 178 Å². The Morgan fingerprint density at radius 2 is 0.313 bits per heavy atom. The van der Waals surface area contributed by atoms with Crippen LogP contribution in [0.5, 0.6) is 0 Å². The van der Waals surface area contributed by atoms with E-state index in [4.69, 9.17) is 4.74 Å². The summed E-state index contributed by atoms with van der Waals surface area (Å²) in [4.78, 5) is 19.8. The lowest BCUT2D eigenvalue weighted by Crippen LogP contribution is -2.45. The Labute approximate surface area is 951 Å². The Morgan fingerprint density at radius 3 is 0.433 bits per heavy atom. The third-order valence-corrected chi connectivity index (χ3v) is 37.8. The molecule has 0 saturated carbocycles. The molecule has 0 radical (unpaired) electrons. The van der Waals surface area contributed by atoms with Gasteiger partial charge in [0, 0.05) is 19.1 Å². The van der Waals surface area contributed by atoms with Crippen LogP contribution in [0, 0.1) is 178 Å². The highest BCUT2D eigenvalue weighted by Gasteiger charge is 2.35. The van der Waals surface area contributed by atoms with Gasteiger partial charge in [0.25, 0.3) is 0 Å². The lowest BCUT2D eigenvalue weighted by molar-refractivity contribution is 0.0194. The number of rotatable bonds is 106. The molecule has 1 rings (SSSR count). The number of carbonyl (C=O) groups excluding carboxylic acids is 1. The van der Waals surface area contributed by atoms with Crippen LogP contribution < -0.4 is 0 Å². The van der Waals surface area contributed by atoms with E-state index in [9.17, 15) is 4.79 Å². The summed E-state index contributed by atoms with van der Waals surface area (Å²) in [6.07, 6.45) is 105. The summed E-state index contributed by atoms with van der Waals surface area (Å²) < 4.78 is 6.38. The summed E-state index contributed by atoms with van der Waals surface area (Å²) in [6.45, 7) is 89.7. The number of ether oxygens (including phenoxy) is 1. The summed E-state index contributed by atoms with van der Waals surface area (Å²) in [5, 5.41) is 0. The number of hydrogen-bond acceptors (Lipinski definition) is 3. The summed E-state index contributed by atoms with van der Waals surface area (Å²) >= 11 is 0. The first-order valence-corrected chi connectivity index (χ1v) is 69.8. The fourth-order valence-corrected chi connectivity index (χ4v) is 26.9. The molecule has 1 saturated heterocycles. The van der Waals surface area contributed by atoms with E-state index in [1.165, 1.54) is 475 Å². The topological polar surface area (TPSA) is 32.8 Å². The van der Waals surface area contributed by atoms with Gasteiger partial charge in [0.2, 0.25) is 0 Å². The fraction of sp³-hybridized carbons (Fsp3) is 0.993. The molecule has 0 aromatic carbocycles. The molecule has 1 aliphatic rings. The molecule has 1 aliphatic heterocycles. The van der Waals surface area contributed by atoms with Crippen molar-refractivity contribution in [2.75, 3.05) is 26.2 Å². The lowest BCUT2D eigenvalue weighted by atomic mass is 9.81. The normalized spacial score (nSPS) is 14.2. The van der Waals surface area contributed by atoms with Crippen LogP contribution in [0.15, 0.2) is 0 Å². The van der Waals surface area contributed by atoms with E-state index in [2.05, 4.69) is 252 Å². The Bertz CT molecular complexity index is 2310. The summed E-state index contributed by atoms with van der Waals surface area (Å²) in [7, 11) is 0. The van der Waals surface area contributed by atoms with Crippen LogP contribution in [0.2, 0.25) is 0 Å². The standard InChI is InChI=1S/C146H292N2O2/c1-114(2)78-94-136(95-79-115(3)4)67-40-55-130(56-41-68-137(96-80-116(5)6)97-81-117(7)8)51-36-63-134(64-37-52-131(57-42-69-138(98-82-118(9)10)99-83-119(11)12)58-43-70-139(100-84-120(13)14)101-85-121(15)16)75-48-110-147(113-144-77-50-112-148(144)145(149)150-146(33,34)35)111-49-76-135(65-38-53-132(59-44-71-140(102-86-122(17)18)103-87-123(19)20)60-45-72-141(104-88-124(21)22)105-89-125(23)24)66-39-54-133(61-46-73-142(106-90-126(25)26)107-91-127(27)28)62-47-74-143(108-92-128(29)30)109-93-129(31)32/h114-144H,36-113H2,1-35H3/t144-/m0/s1. The molecule has 0 bridgehead atoms. The predicted octanol–water partition coefficient (Wildman–Crippen LogP) is 49.9. The number of likely N-dealkylation sites (tertiary alicyclic amines) is 1. The third-order valence-electron chi connectivity index (χ3n) is 37.8. The van der Waals surface area contributed by atoms with Crippen LogP contribution in [0.25, 0.3) is 0 Å². The van der Waals surface area contributed by atoms with Gasteiger partial charge in [-0.25, -0.2) is 4.79 Å². The van der Waals surface area contributed by atoms with Crippen molar-refractivity contribution >= 4 is 6.09 Å². The first kappa shape index (κ1) is 147. The van der Waals surface area contributed by atoms with Crippen LogP contribution in [0.3, 0.4) is 0 Å². The van der Waals surface area contributed by atoms with Crippen molar-refractivity contribution in [1.82, 2.24) is 9.80 Å². The van der Waals surface area contributed by atoms with Gasteiger partial charge in [0.05, 0.1) is 0 Å². The van der Waals surface area contributed by atoms with Crippen molar-refractivity contribution in [1.29, 1.82) is 0 Å². The highest BCUT2D eigenvalue weighted by Crippen LogP contribution is 2.41. The molecule has 150 heavy (non-hydrogen) atoms. The largest absolute Gasteiger partial charge is 0.444 e. The Kier molecular flexibility index (Phi) is 90.9. The average Bonchev–Trinajstić information content (AvgIpc) is 1.71. The maximum Gasteiger partial charge on any atom is 0.410 e. The Balaban J connectivity index is 4.50. The maximum atomic E-state index is 14.6. The van der Waals surface area contributed by atoms with Crippen LogP contribution in [0.1, 0.15) is 717 Å². The zero-order valence-corrected chi connectivity index (χ0v) is 111. The van der Waals surface area contributed by atoms with Gasteiger partial charge in [-0.15, -0.1) is 0 Å². The minimum absolute atomic E-state index is 0.0649. The summed E-state index contributed by atoms with van der Waals surface area (Å²) in [5.41, 5.74) is -0.507. The highest BCUT2D eigenvalue weighted by molar-refractivity contribution is 5.69. The van der Waals surface area contributed by atoms with Crippen molar-refractivity contribution in [3.05, 3.63) is 0 Å². The van der Waals surface area contributed by atoms with Crippen molar-refractivity contribution < 1.29 is 9.53 Å². The number of nitrogens with zero attached hydrogens (tertiary/aromatic N) is 2. The molecule has 1 heterocycles. The SMILES string of the molecule is CC(C)CCC(CCCC(CCCC(CCCC(CCCC(CCC(C)C)CCC(C)C)CCCC(CCC(C)C)CCC(C)C)CCCN(CCCC(CCCC(CCCC(CCC(C)C)CCC(C)C)CCCC(CCC(C)C)CCC(C)C)CCCC(CCCC(CCC(C)C)CCC(C)C)CCCC(CCC(C)C)CCC(C)C)C[C@@H]1CCCN1C(=O)OC(C)(C)C)CCCC(CCC(C)C)CCC(C)C)CCC(C)C. The Hall–Kier alpha value is -0.770. The molecule has 0 N–H and O–H groups in total. The maximum absolute atomic E-state index is 14.6. The van der Waals surface area contributed by atoms with E-state index in [1.54, 1.807) is 0 Å². The number of carbonyl (C=O) groups is 1. The summed E-state index contributed by atoms with van der Waals surface area (Å²) in [6, 6.07) is 0.222. The second-order valence-corrected chi connectivity index (χ2v) is 61.9. The van der Waals surface area contributed by atoms with Crippen molar-refractivity contribution in [3.8, 4) is 0 Å². The molecular formula is C146H292N2O2. The smallest absolute Gasteiger partial charge is 0.410 e. The van der Waals surface area contributed by atoms with Gasteiger partial charge in [-0.3, -0.25) is 0 Å². The van der Waals surface area contributed by atoms with Gasteiger partial charge in [0.1, 0.15) is 5.60 Å². The minimum atomic E-state index is -0.507. The van der Waals surface area contributed by atoms with Crippen LogP contribution >= 0.6 is 0 Å². The molecule has 0 aromatic rings. The lowest BCUT2D eigenvalue weighted by Gasteiger charge is -2.33. The van der Waals surface area contributed by atoms with Gasteiger partial charge < -0.3 is 14.5 Å². The first-order valence-electron chi connectivity index (χ1n) is 69.8. The molecule has 0 aromatic heterocycles. The van der Waals surface area contributed by atoms with E-state index in [1.807, 2.05) is 0 Å². The second kappa shape index (κ2) is 92.6. The van der Waals surface area contributed by atoms with Gasteiger partial charge in [-0.05, 0) is 250 Å². The molecule has 0 aliphatic carbocycles. The van der Waals surface area contributed by atoms with Gasteiger partial charge in [-0.1, -0.05) is 658 Å². The van der Waals surface area contributed by atoms with Gasteiger partial charge in [0.15, 0.2) is 0 Å². The van der Waals surface area contributed by atoms with E-state index in [0.29, 0.717) is 0 Å². The van der Waals surface area contributed by atoms with Crippen LogP contribution in [-0.4, -0.2) is 53.7 Å². The molecule has 1 fully saturated rings. The molecule has 1 amide bonds. The van der Waals surface area contributed by atoms with Crippen LogP contribution in [-0.2, 0) is 4.74 Å². The quantitative estimate of drug-likeness (QED) is 0.0608. The molecule has 898 valence electrons. The second-order valence-electron chi connectivity index (χ2n) is 61.9. The van der Waals surface area contributed by atoms with Crippen LogP contribution in [0.4, 0.5) is 4.79 Å². The van der Waals surface area contributed by atoms with Gasteiger partial charge in [-0.2, -0.15) is 0 Å².